The average molecular weight is 270 g/mol. The lowest BCUT2D eigenvalue weighted by molar-refractivity contribution is -0.185. The van der Waals surface area contributed by atoms with Crippen LogP contribution in [0.15, 0.2) is 42.5 Å². The number of hydrogen-bond acceptors (Lipinski definition) is 1. The van der Waals surface area contributed by atoms with Gasteiger partial charge in [0.2, 0.25) is 0 Å². The van der Waals surface area contributed by atoms with Crippen LogP contribution in [-0.4, -0.2) is 0 Å². The van der Waals surface area contributed by atoms with Crippen molar-refractivity contribution in [1.82, 2.24) is 0 Å². The van der Waals surface area contributed by atoms with Crippen molar-refractivity contribution < 1.29 is 22.3 Å². The number of benzene rings is 2. The van der Waals surface area contributed by atoms with Gasteiger partial charge in [-0.15, -0.1) is 0 Å². The number of alkyl halides is 2. The fraction of sp³-hybridized carbons (Fsp3) is 0.143. The Balaban J connectivity index is 2.27. The summed E-state index contributed by atoms with van der Waals surface area (Å²) in [6.45, 7) is 1.75. The average Bonchev–Trinajstić information content (AvgIpc) is 2.27. The van der Waals surface area contributed by atoms with Gasteiger partial charge in [0, 0.05) is 18.2 Å². The second kappa shape index (κ2) is 4.91. The molecular weight excluding hydrogens is 260 g/mol. The number of rotatable bonds is 3. The number of hydrogen-bond donors (Lipinski definition) is 0. The smallest absolute Gasteiger partial charge is 0.426 e. The lowest BCUT2D eigenvalue weighted by atomic mass is 10.1. The molecule has 0 aliphatic heterocycles. The van der Waals surface area contributed by atoms with E-state index in [2.05, 4.69) is 4.74 Å². The Morgan fingerprint density at radius 2 is 1.42 bits per heavy atom. The van der Waals surface area contributed by atoms with Gasteiger partial charge >= 0.3 is 6.11 Å². The summed E-state index contributed by atoms with van der Waals surface area (Å²) in [6.07, 6.45) is -3.66. The largest absolute Gasteiger partial charge is 0.429 e. The third-order valence-electron chi connectivity index (χ3n) is 2.47. The van der Waals surface area contributed by atoms with E-state index in [1.165, 1.54) is 24.3 Å². The van der Waals surface area contributed by atoms with Crippen molar-refractivity contribution in [2.75, 3.05) is 0 Å². The molecule has 5 heteroatoms. The van der Waals surface area contributed by atoms with E-state index in [0.29, 0.717) is 18.2 Å². The van der Waals surface area contributed by atoms with Crippen LogP contribution in [0.5, 0.6) is 5.75 Å². The molecule has 2 aromatic rings. The first-order valence-electron chi connectivity index (χ1n) is 5.47. The van der Waals surface area contributed by atoms with Crippen LogP contribution >= 0.6 is 0 Å². The molecule has 0 aromatic heterocycles. The van der Waals surface area contributed by atoms with Gasteiger partial charge in [0.25, 0.3) is 0 Å². The van der Waals surface area contributed by atoms with E-state index >= 15 is 0 Å². The van der Waals surface area contributed by atoms with Gasteiger partial charge in [-0.2, -0.15) is 8.78 Å². The summed E-state index contributed by atoms with van der Waals surface area (Å²) in [5.74, 6) is -2.52. The van der Waals surface area contributed by atoms with Crippen LogP contribution in [0, 0.1) is 18.6 Å². The molecule has 0 aliphatic carbocycles. The van der Waals surface area contributed by atoms with Crippen molar-refractivity contribution >= 4 is 0 Å². The third-order valence-corrected chi connectivity index (χ3v) is 2.47. The summed E-state index contributed by atoms with van der Waals surface area (Å²) >= 11 is 0. The molecular formula is C14H10F4O. The minimum atomic E-state index is -3.66. The molecule has 1 nitrogen and oxygen atoms in total. The summed E-state index contributed by atoms with van der Waals surface area (Å²) in [5, 5.41) is 0. The van der Waals surface area contributed by atoms with Crippen molar-refractivity contribution in [3.8, 4) is 5.75 Å². The molecule has 0 aliphatic rings. The maximum Gasteiger partial charge on any atom is 0.426 e. The Hall–Kier alpha value is -2.04. The van der Waals surface area contributed by atoms with Gasteiger partial charge in [0.15, 0.2) is 0 Å². The van der Waals surface area contributed by atoms with Crippen molar-refractivity contribution in [3.05, 3.63) is 65.2 Å². The number of aryl methyl sites for hydroxylation is 1. The van der Waals surface area contributed by atoms with Crippen LogP contribution in [0.1, 0.15) is 11.1 Å². The molecule has 2 rings (SSSR count). The molecule has 0 N–H and O–H groups in total. The molecule has 0 saturated heterocycles. The van der Waals surface area contributed by atoms with E-state index in [9.17, 15) is 17.6 Å². The summed E-state index contributed by atoms with van der Waals surface area (Å²) in [5.41, 5.74) is 0.430. The Bertz CT molecular complexity index is 558. The monoisotopic (exact) mass is 270 g/mol. The highest BCUT2D eigenvalue weighted by atomic mass is 19.3. The maximum absolute atomic E-state index is 13.8. The molecule has 2 aromatic carbocycles. The van der Waals surface area contributed by atoms with Gasteiger partial charge < -0.3 is 4.74 Å². The highest BCUT2D eigenvalue weighted by Gasteiger charge is 2.34. The summed E-state index contributed by atoms with van der Waals surface area (Å²) in [4.78, 5) is 0. The van der Waals surface area contributed by atoms with Gasteiger partial charge in [-0.1, -0.05) is 17.7 Å². The van der Waals surface area contributed by atoms with Gasteiger partial charge in [-0.05, 0) is 19.1 Å². The van der Waals surface area contributed by atoms with Crippen molar-refractivity contribution in [2.24, 2.45) is 0 Å². The first kappa shape index (κ1) is 13.4. The first-order chi connectivity index (χ1) is 8.87. The number of ether oxygens (including phenoxy) is 1. The van der Waals surface area contributed by atoms with Gasteiger partial charge in [-0.3, -0.25) is 0 Å². The minimum Gasteiger partial charge on any atom is -0.429 e. The van der Waals surface area contributed by atoms with E-state index in [1.807, 2.05) is 0 Å². The van der Waals surface area contributed by atoms with Crippen molar-refractivity contribution in [2.45, 2.75) is 13.0 Å². The highest BCUT2D eigenvalue weighted by molar-refractivity contribution is 5.28. The maximum atomic E-state index is 13.8. The lowest BCUT2D eigenvalue weighted by Crippen LogP contribution is -2.21. The Morgan fingerprint density at radius 3 is 1.95 bits per heavy atom. The summed E-state index contributed by atoms with van der Waals surface area (Å²) < 4.78 is 57.7. The normalized spacial score (nSPS) is 11.4. The second-order valence-electron chi connectivity index (χ2n) is 4.09. The van der Waals surface area contributed by atoms with Gasteiger partial charge in [0.1, 0.15) is 17.4 Å². The van der Waals surface area contributed by atoms with Crippen molar-refractivity contribution in [1.29, 1.82) is 0 Å². The standard InChI is InChI=1S/C14H10F4O/c1-9-2-4-10(5-3-9)14(17,18)19-13-7-11(15)6-12(16)8-13/h2-8H,1H3. The fourth-order valence-electron chi connectivity index (χ4n) is 1.54. The van der Waals surface area contributed by atoms with E-state index in [-0.39, 0.29) is 5.56 Å². The lowest BCUT2D eigenvalue weighted by Gasteiger charge is -2.18. The third kappa shape index (κ3) is 3.24. The molecule has 0 bridgehead atoms. The summed E-state index contributed by atoms with van der Waals surface area (Å²) in [6, 6.07) is 7.38. The molecule has 0 saturated carbocycles. The minimum absolute atomic E-state index is 0.386. The zero-order valence-electron chi connectivity index (χ0n) is 9.96. The molecule has 0 radical (unpaired) electrons. The fourth-order valence-corrected chi connectivity index (χ4v) is 1.54. The predicted octanol–water partition coefficient (Wildman–Crippen LogP) is 4.40. The van der Waals surface area contributed by atoms with Crippen molar-refractivity contribution in [3.63, 3.8) is 0 Å². The Morgan fingerprint density at radius 1 is 0.895 bits per heavy atom. The molecule has 100 valence electrons. The molecule has 0 amide bonds. The molecule has 0 fully saturated rings. The van der Waals surface area contributed by atoms with Crippen LogP contribution in [0.25, 0.3) is 0 Å². The van der Waals surface area contributed by atoms with Crippen LogP contribution in [0.2, 0.25) is 0 Å². The SMILES string of the molecule is Cc1ccc(C(F)(F)Oc2cc(F)cc(F)c2)cc1. The quantitative estimate of drug-likeness (QED) is 0.751. The molecule has 0 unspecified atom stereocenters. The van der Waals surface area contributed by atoms with Crippen LogP contribution in [0.4, 0.5) is 17.6 Å². The Labute approximate surface area is 107 Å². The Kier molecular flexibility index (Phi) is 3.46. The topological polar surface area (TPSA) is 9.23 Å². The second-order valence-corrected chi connectivity index (χ2v) is 4.09. The molecule has 19 heavy (non-hydrogen) atoms. The van der Waals surface area contributed by atoms with Crippen LogP contribution in [-0.2, 0) is 6.11 Å². The van der Waals surface area contributed by atoms with Crippen LogP contribution < -0.4 is 4.74 Å². The number of halogens is 4. The van der Waals surface area contributed by atoms with E-state index < -0.39 is 23.5 Å². The van der Waals surface area contributed by atoms with E-state index in [1.54, 1.807) is 6.92 Å². The van der Waals surface area contributed by atoms with Crippen LogP contribution in [0.3, 0.4) is 0 Å². The van der Waals surface area contributed by atoms with Gasteiger partial charge in [0.05, 0.1) is 5.56 Å². The summed E-state index contributed by atoms with van der Waals surface area (Å²) in [7, 11) is 0. The predicted molar refractivity (Wildman–Crippen MR) is 62.1 cm³/mol. The zero-order chi connectivity index (χ0) is 14.0. The molecule has 0 heterocycles. The molecule has 0 spiro atoms. The van der Waals surface area contributed by atoms with Gasteiger partial charge in [-0.25, -0.2) is 8.78 Å². The molecule has 0 atom stereocenters. The zero-order valence-corrected chi connectivity index (χ0v) is 9.96. The first-order valence-corrected chi connectivity index (χ1v) is 5.47. The van der Waals surface area contributed by atoms with E-state index in [0.717, 1.165) is 5.56 Å². The highest BCUT2D eigenvalue weighted by Crippen LogP contribution is 2.32. The van der Waals surface area contributed by atoms with E-state index in [4.69, 9.17) is 0 Å².